The predicted molar refractivity (Wildman–Crippen MR) is 99.9 cm³/mol. The molecule has 0 aliphatic heterocycles. The molecular formula is C19H24N2O3S. The predicted octanol–water partition coefficient (Wildman–Crippen LogP) is 3.82. The first-order valence-corrected chi connectivity index (χ1v) is 9.17. The van der Waals surface area contributed by atoms with Crippen molar-refractivity contribution in [1.29, 1.82) is 0 Å². The van der Waals surface area contributed by atoms with Crippen molar-refractivity contribution in [2.45, 2.75) is 32.2 Å². The lowest BCUT2D eigenvalue weighted by atomic mass is 9.95. The molecule has 2 aromatic rings. The Hall–Kier alpha value is -2.18. The van der Waals surface area contributed by atoms with E-state index in [1.165, 1.54) is 12.7 Å². The van der Waals surface area contributed by atoms with Gasteiger partial charge >= 0.3 is 6.09 Å². The normalized spacial score (nSPS) is 13.1. The lowest BCUT2D eigenvalue weighted by Gasteiger charge is -2.19. The fraction of sp³-hybridized carbons (Fsp3) is 0.368. The highest BCUT2D eigenvalue weighted by atomic mass is 32.1. The van der Waals surface area contributed by atoms with Crippen molar-refractivity contribution >= 4 is 23.3 Å². The summed E-state index contributed by atoms with van der Waals surface area (Å²) in [6.07, 6.45) is 0.344. The van der Waals surface area contributed by atoms with E-state index in [-0.39, 0.29) is 12.6 Å². The molecule has 2 atom stereocenters. The van der Waals surface area contributed by atoms with Crippen LogP contribution in [-0.4, -0.2) is 25.7 Å². The zero-order chi connectivity index (χ0) is 18.2. The SMILES string of the molecule is CC[C@H](C)c1ccc([C@@H](NCC(=O)NC(=O)OC)c2cccs2)cc1. The maximum Gasteiger partial charge on any atom is 0.413 e. The first kappa shape index (κ1) is 19.1. The molecular weight excluding hydrogens is 336 g/mol. The van der Waals surface area contributed by atoms with Gasteiger partial charge in [-0.1, -0.05) is 44.2 Å². The van der Waals surface area contributed by atoms with Crippen LogP contribution in [0.1, 0.15) is 48.2 Å². The smallest absolute Gasteiger partial charge is 0.413 e. The van der Waals surface area contributed by atoms with Crippen molar-refractivity contribution < 1.29 is 14.3 Å². The summed E-state index contributed by atoms with van der Waals surface area (Å²) in [4.78, 5) is 24.1. The third-order valence-electron chi connectivity index (χ3n) is 4.17. The second kappa shape index (κ2) is 9.34. The maximum atomic E-state index is 11.8. The van der Waals surface area contributed by atoms with Gasteiger partial charge in [0.15, 0.2) is 0 Å². The Kier molecular flexibility index (Phi) is 7.16. The fourth-order valence-corrected chi connectivity index (χ4v) is 3.32. The van der Waals surface area contributed by atoms with Gasteiger partial charge in [0, 0.05) is 4.88 Å². The van der Waals surface area contributed by atoms with Crippen LogP contribution in [0, 0.1) is 0 Å². The van der Waals surface area contributed by atoms with Crippen LogP contribution in [0.2, 0.25) is 0 Å². The Balaban J connectivity index is 2.11. The molecule has 0 unspecified atom stereocenters. The highest BCUT2D eigenvalue weighted by molar-refractivity contribution is 7.10. The number of alkyl carbamates (subject to hydrolysis) is 1. The minimum Gasteiger partial charge on any atom is -0.453 e. The first-order chi connectivity index (χ1) is 12.0. The minimum absolute atomic E-state index is 0.0186. The zero-order valence-electron chi connectivity index (χ0n) is 14.7. The van der Waals surface area contributed by atoms with Gasteiger partial charge in [0.2, 0.25) is 5.91 Å². The summed E-state index contributed by atoms with van der Waals surface area (Å²) >= 11 is 1.63. The Labute approximate surface area is 152 Å². The number of imide groups is 1. The number of benzene rings is 1. The van der Waals surface area contributed by atoms with E-state index in [0.717, 1.165) is 16.9 Å². The van der Waals surface area contributed by atoms with E-state index >= 15 is 0 Å². The van der Waals surface area contributed by atoms with Crippen LogP contribution < -0.4 is 10.6 Å². The Morgan fingerprint density at radius 3 is 2.40 bits per heavy atom. The second-order valence-corrected chi connectivity index (χ2v) is 6.82. The number of ether oxygens (including phenoxy) is 1. The number of hydrogen-bond donors (Lipinski definition) is 2. The lowest BCUT2D eigenvalue weighted by molar-refractivity contribution is -0.119. The standard InChI is InChI=1S/C19H24N2O3S/c1-4-13(2)14-7-9-15(10-8-14)18(16-6-5-11-25-16)20-12-17(22)21-19(23)24-3/h5-11,13,18,20H,4,12H2,1-3H3,(H,21,22,23)/t13-,18+/m0/s1. The topological polar surface area (TPSA) is 67.4 Å². The quantitative estimate of drug-likeness (QED) is 0.788. The van der Waals surface area contributed by atoms with Crippen molar-refractivity contribution in [3.05, 3.63) is 57.8 Å². The van der Waals surface area contributed by atoms with Gasteiger partial charge in [-0.25, -0.2) is 4.79 Å². The number of nitrogens with one attached hydrogen (secondary N) is 2. The van der Waals surface area contributed by atoms with Crippen LogP contribution in [0.15, 0.2) is 41.8 Å². The van der Waals surface area contributed by atoms with Crippen LogP contribution in [0.25, 0.3) is 0 Å². The molecule has 0 radical (unpaired) electrons. The molecule has 0 fully saturated rings. The number of carbonyl (C=O) groups is 2. The summed E-state index contributed by atoms with van der Waals surface area (Å²) in [5, 5.41) is 7.38. The van der Waals surface area contributed by atoms with E-state index in [4.69, 9.17) is 0 Å². The number of rotatable bonds is 7. The van der Waals surface area contributed by atoms with Gasteiger partial charge < -0.3 is 4.74 Å². The summed E-state index contributed by atoms with van der Waals surface area (Å²) in [6, 6.07) is 12.4. The highest BCUT2D eigenvalue weighted by Crippen LogP contribution is 2.27. The van der Waals surface area contributed by atoms with Gasteiger partial charge in [-0.15, -0.1) is 11.3 Å². The number of amides is 2. The summed E-state index contributed by atoms with van der Waals surface area (Å²) in [5.41, 5.74) is 2.39. The van der Waals surface area contributed by atoms with Gasteiger partial charge in [-0.3, -0.25) is 15.4 Å². The molecule has 0 saturated carbocycles. The molecule has 1 aromatic heterocycles. The summed E-state index contributed by atoms with van der Waals surface area (Å²) in [6.45, 7) is 4.40. The van der Waals surface area contributed by atoms with Crippen LogP contribution in [0.3, 0.4) is 0 Å². The lowest BCUT2D eigenvalue weighted by Crippen LogP contribution is -2.39. The maximum absolute atomic E-state index is 11.8. The molecule has 25 heavy (non-hydrogen) atoms. The molecule has 0 aliphatic rings. The van der Waals surface area contributed by atoms with E-state index in [2.05, 4.69) is 53.5 Å². The molecule has 0 aliphatic carbocycles. The number of methoxy groups -OCH3 is 1. The molecule has 1 aromatic carbocycles. The van der Waals surface area contributed by atoms with E-state index in [9.17, 15) is 9.59 Å². The molecule has 134 valence electrons. The van der Waals surface area contributed by atoms with Crippen molar-refractivity contribution in [3.8, 4) is 0 Å². The van der Waals surface area contributed by atoms with E-state index in [0.29, 0.717) is 5.92 Å². The molecule has 0 spiro atoms. The van der Waals surface area contributed by atoms with Crippen molar-refractivity contribution in [3.63, 3.8) is 0 Å². The molecule has 2 rings (SSSR count). The Morgan fingerprint density at radius 2 is 1.84 bits per heavy atom. The van der Waals surface area contributed by atoms with E-state index in [1.54, 1.807) is 11.3 Å². The zero-order valence-corrected chi connectivity index (χ0v) is 15.6. The van der Waals surface area contributed by atoms with Crippen LogP contribution in [0.5, 0.6) is 0 Å². The molecule has 1 heterocycles. The molecule has 2 N–H and O–H groups in total. The van der Waals surface area contributed by atoms with Gasteiger partial charge in [-0.2, -0.15) is 0 Å². The molecule has 0 saturated heterocycles. The minimum atomic E-state index is -0.752. The van der Waals surface area contributed by atoms with Crippen molar-refractivity contribution in [2.24, 2.45) is 0 Å². The van der Waals surface area contributed by atoms with Gasteiger partial charge in [0.05, 0.1) is 19.7 Å². The van der Waals surface area contributed by atoms with Gasteiger partial charge in [-0.05, 0) is 34.9 Å². The number of carbonyl (C=O) groups excluding carboxylic acids is 2. The van der Waals surface area contributed by atoms with E-state index in [1.807, 2.05) is 17.5 Å². The molecule has 0 bridgehead atoms. The van der Waals surface area contributed by atoms with Gasteiger partial charge in [0.1, 0.15) is 0 Å². The Morgan fingerprint density at radius 1 is 1.16 bits per heavy atom. The third kappa shape index (κ3) is 5.41. The average Bonchev–Trinajstić information content (AvgIpc) is 3.16. The molecule has 2 amide bonds. The van der Waals surface area contributed by atoms with E-state index < -0.39 is 12.0 Å². The Bertz CT molecular complexity index is 683. The monoisotopic (exact) mass is 360 g/mol. The first-order valence-electron chi connectivity index (χ1n) is 8.29. The van der Waals surface area contributed by atoms with Crippen molar-refractivity contribution in [2.75, 3.05) is 13.7 Å². The van der Waals surface area contributed by atoms with Gasteiger partial charge in [0.25, 0.3) is 0 Å². The number of thiophene rings is 1. The summed E-state index contributed by atoms with van der Waals surface area (Å²) in [7, 11) is 1.23. The van der Waals surface area contributed by atoms with Crippen LogP contribution in [0.4, 0.5) is 4.79 Å². The van der Waals surface area contributed by atoms with Crippen molar-refractivity contribution in [1.82, 2.24) is 10.6 Å². The summed E-state index contributed by atoms with van der Waals surface area (Å²) < 4.78 is 4.43. The molecule has 5 nitrogen and oxygen atoms in total. The largest absolute Gasteiger partial charge is 0.453 e. The summed E-state index contributed by atoms with van der Waals surface area (Å²) in [5.74, 6) is 0.0951. The molecule has 6 heteroatoms. The highest BCUT2D eigenvalue weighted by Gasteiger charge is 2.17. The average molecular weight is 360 g/mol. The second-order valence-electron chi connectivity index (χ2n) is 5.85. The fourth-order valence-electron chi connectivity index (χ4n) is 2.49. The number of hydrogen-bond acceptors (Lipinski definition) is 5. The van der Waals surface area contributed by atoms with Crippen LogP contribution in [-0.2, 0) is 9.53 Å². The third-order valence-corrected chi connectivity index (χ3v) is 5.11. The van der Waals surface area contributed by atoms with Crippen LogP contribution >= 0.6 is 11.3 Å².